The molecular formula is C16H16N2O4S. The van der Waals surface area contributed by atoms with E-state index in [4.69, 9.17) is 9.47 Å². The Kier molecular flexibility index (Phi) is 4.77. The number of thiophene rings is 1. The lowest BCUT2D eigenvalue weighted by Crippen LogP contribution is -2.44. The van der Waals surface area contributed by atoms with Crippen molar-refractivity contribution in [2.45, 2.75) is 6.10 Å². The smallest absolute Gasteiger partial charge is 0.261 e. The second-order valence-electron chi connectivity index (χ2n) is 4.96. The van der Waals surface area contributed by atoms with Crippen LogP contribution < -0.4 is 20.1 Å². The molecule has 0 bridgehead atoms. The fraction of sp³-hybridized carbons (Fsp3) is 0.250. The Morgan fingerprint density at radius 2 is 1.96 bits per heavy atom. The molecule has 0 aliphatic carbocycles. The van der Waals surface area contributed by atoms with Crippen LogP contribution in [0.25, 0.3) is 0 Å². The third kappa shape index (κ3) is 4.01. The number of nitrogens with one attached hydrogen (secondary N) is 2. The number of benzene rings is 1. The molecule has 0 spiro atoms. The van der Waals surface area contributed by atoms with Crippen molar-refractivity contribution < 1.29 is 19.1 Å². The molecule has 1 aromatic carbocycles. The average Bonchev–Trinajstić information content (AvgIpc) is 3.12. The molecule has 1 aromatic heterocycles. The van der Waals surface area contributed by atoms with E-state index in [1.807, 2.05) is 29.6 Å². The van der Waals surface area contributed by atoms with Crippen molar-refractivity contribution in [3.05, 3.63) is 46.7 Å². The van der Waals surface area contributed by atoms with Crippen LogP contribution in [-0.4, -0.2) is 37.6 Å². The van der Waals surface area contributed by atoms with E-state index in [0.29, 0.717) is 29.5 Å². The largest absolute Gasteiger partial charge is 0.486 e. The van der Waals surface area contributed by atoms with Crippen LogP contribution in [0.2, 0.25) is 0 Å². The molecular weight excluding hydrogens is 316 g/mol. The van der Waals surface area contributed by atoms with Gasteiger partial charge in [-0.05, 0) is 23.6 Å². The second-order valence-corrected chi connectivity index (χ2v) is 5.91. The summed E-state index contributed by atoms with van der Waals surface area (Å²) in [5.41, 5.74) is 0. The van der Waals surface area contributed by atoms with Gasteiger partial charge in [0.1, 0.15) is 12.7 Å². The van der Waals surface area contributed by atoms with Gasteiger partial charge < -0.3 is 20.1 Å². The Morgan fingerprint density at radius 3 is 2.74 bits per heavy atom. The van der Waals surface area contributed by atoms with Gasteiger partial charge in [-0.3, -0.25) is 9.59 Å². The molecule has 0 radical (unpaired) electrons. The van der Waals surface area contributed by atoms with Crippen molar-refractivity contribution in [2.24, 2.45) is 0 Å². The zero-order chi connectivity index (χ0) is 16.1. The van der Waals surface area contributed by atoms with Crippen molar-refractivity contribution in [3.63, 3.8) is 0 Å². The number of amides is 2. The summed E-state index contributed by atoms with van der Waals surface area (Å²) in [4.78, 5) is 24.1. The number of para-hydroxylation sites is 2. The third-order valence-electron chi connectivity index (χ3n) is 3.25. The minimum atomic E-state index is -0.266. The van der Waals surface area contributed by atoms with Crippen LogP contribution in [0.4, 0.5) is 0 Å². The van der Waals surface area contributed by atoms with Gasteiger partial charge in [0.05, 0.1) is 18.0 Å². The number of hydrogen-bond donors (Lipinski definition) is 2. The van der Waals surface area contributed by atoms with Gasteiger partial charge >= 0.3 is 0 Å². The van der Waals surface area contributed by atoms with E-state index in [0.717, 1.165) is 0 Å². The first-order chi connectivity index (χ1) is 11.2. The summed E-state index contributed by atoms with van der Waals surface area (Å²) in [6.45, 7) is 0.627. The Bertz CT molecular complexity index is 687. The molecule has 2 N–H and O–H groups in total. The van der Waals surface area contributed by atoms with Gasteiger partial charge in [0.2, 0.25) is 5.91 Å². The molecule has 0 saturated carbocycles. The molecule has 2 amide bonds. The van der Waals surface area contributed by atoms with Gasteiger partial charge in [-0.2, -0.15) is 0 Å². The maximum absolute atomic E-state index is 11.8. The molecule has 0 fully saturated rings. The fourth-order valence-corrected chi connectivity index (χ4v) is 2.75. The summed E-state index contributed by atoms with van der Waals surface area (Å²) in [5, 5.41) is 7.12. The van der Waals surface area contributed by atoms with Crippen molar-refractivity contribution in [3.8, 4) is 11.5 Å². The molecule has 0 saturated heterocycles. The van der Waals surface area contributed by atoms with Crippen LogP contribution in [0.5, 0.6) is 11.5 Å². The summed E-state index contributed by atoms with van der Waals surface area (Å²) >= 11 is 1.33. The molecule has 1 aliphatic heterocycles. The summed E-state index contributed by atoms with van der Waals surface area (Å²) in [7, 11) is 0. The Hall–Kier alpha value is -2.54. The minimum absolute atomic E-state index is 0.0686. The van der Waals surface area contributed by atoms with Gasteiger partial charge in [0.15, 0.2) is 11.5 Å². The highest BCUT2D eigenvalue weighted by Gasteiger charge is 2.21. The summed E-state index contributed by atoms with van der Waals surface area (Å²) in [6, 6.07) is 10.9. The fourth-order valence-electron chi connectivity index (χ4n) is 2.11. The first-order valence-corrected chi connectivity index (χ1v) is 8.07. The van der Waals surface area contributed by atoms with E-state index in [-0.39, 0.29) is 24.5 Å². The quantitative estimate of drug-likeness (QED) is 0.868. The van der Waals surface area contributed by atoms with Crippen LogP contribution in [0, 0.1) is 0 Å². The van der Waals surface area contributed by atoms with Crippen LogP contribution in [0.1, 0.15) is 9.67 Å². The zero-order valence-electron chi connectivity index (χ0n) is 12.3. The standard InChI is InChI=1S/C16H16N2O4S/c19-15(9-18-16(20)14-6-3-7-23-14)17-8-11-10-21-12-4-1-2-5-13(12)22-11/h1-7,11H,8-10H2,(H,17,19)(H,18,20). The lowest BCUT2D eigenvalue weighted by molar-refractivity contribution is -0.120. The summed E-state index contributed by atoms with van der Waals surface area (Å²) < 4.78 is 11.3. The predicted molar refractivity (Wildman–Crippen MR) is 86.0 cm³/mol. The van der Waals surface area contributed by atoms with Crippen molar-refractivity contribution in [1.82, 2.24) is 10.6 Å². The van der Waals surface area contributed by atoms with E-state index in [2.05, 4.69) is 10.6 Å². The first kappa shape index (κ1) is 15.4. The van der Waals surface area contributed by atoms with Gasteiger partial charge in [-0.25, -0.2) is 0 Å². The van der Waals surface area contributed by atoms with Crippen molar-refractivity contribution >= 4 is 23.2 Å². The van der Waals surface area contributed by atoms with Crippen LogP contribution in [0.15, 0.2) is 41.8 Å². The maximum Gasteiger partial charge on any atom is 0.261 e. The van der Waals surface area contributed by atoms with Crippen LogP contribution in [-0.2, 0) is 4.79 Å². The van der Waals surface area contributed by atoms with Crippen LogP contribution in [0.3, 0.4) is 0 Å². The molecule has 1 aliphatic rings. The van der Waals surface area contributed by atoms with Crippen LogP contribution >= 0.6 is 11.3 Å². The number of rotatable bonds is 5. The number of carbonyl (C=O) groups excluding carboxylic acids is 2. The number of ether oxygens (including phenoxy) is 2. The second kappa shape index (κ2) is 7.15. The normalized spacial score (nSPS) is 15.7. The first-order valence-electron chi connectivity index (χ1n) is 7.19. The Morgan fingerprint density at radius 1 is 1.13 bits per heavy atom. The number of fused-ring (bicyclic) bond motifs is 1. The molecule has 120 valence electrons. The topological polar surface area (TPSA) is 76.7 Å². The van der Waals surface area contributed by atoms with E-state index in [9.17, 15) is 9.59 Å². The lowest BCUT2D eigenvalue weighted by atomic mass is 10.2. The molecule has 3 rings (SSSR count). The van der Waals surface area contributed by atoms with Gasteiger partial charge in [-0.15, -0.1) is 11.3 Å². The van der Waals surface area contributed by atoms with Gasteiger partial charge in [0.25, 0.3) is 5.91 Å². The molecule has 1 unspecified atom stereocenters. The number of hydrogen-bond acceptors (Lipinski definition) is 5. The molecule has 23 heavy (non-hydrogen) atoms. The Labute approximate surface area is 137 Å². The van der Waals surface area contributed by atoms with E-state index >= 15 is 0 Å². The van der Waals surface area contributed by atoms with Crippen molar-refractivity contribution in [2.75, 3.05) is 19.7 Å². The highest BCUT2D eigenvalue weighted by Crippen LogP contribution is 2.30. The SMILES string of the molecule is O=C(CNC(=O)c1cccs1)NCC1COc2ccccc2O1. The predicted octanol–water partition coefficient (Wildman–Crippen LogP) is 1.43. The van der Waals surface area contributed by atoms with Gasteiger partial charge in [0, 0.05) is 0 Å². The minimum Gasteiger partial charge on any atom is -0.486 e. The van der Waals surface area contributed by atoms with Crippen molar-refractivity contribution in [1.29, 1.82) is 0 Å². The molecule has 2 aromatic rings. The van der Waals surface area contributed by atoms with E-state index < -0.39 is 0 Å². The number of carbonyl (C=O) groups is 2. The lowest BCUT2D eigenvalue weighted by Gasteiger charge is -2.26. The van der Waals surface area contributed by atoms with E-state index in [1.54, 1.807) is 12.1 Å². The highest BCUT2D eigenvalue weighted by atomic mass is 32.1. The molecule has 1 atom stereocenters. The van der Waals surface area contributed by atoms with Gasteiger partial charge in [-0.1, -0.05) is 18.2 Å². The summed E-state index contributed by atoms with van der Waals surface area (Å²) in [6.07, 6.45) is -0.248. The zero-order valence-corrected chi connectivity index (χ0v) is 13.1. The summed E-state index contributed by atoms with van der Waals surface area (Å²) in [5.74, 6) is 0.862. The monoisotopic (exact) mass is 332 g/mol. The molecule has 6 nitrogen and oxygen atoms in total. The Balaban J connectivity index is 1.41. The maximum atomic E-state index is 11.8. The highest BCUT2D eigenvalue weighted by molar-refractivity contribution is 7.12. The van der Waals surface area contributed by atoms with E-state index in [1.165, 1.54) is 11.3 Å². The third-order valence-corrected chi connectivity index (χ3v) is 4.12. The molecule has 7 heteroatoms. The average molecular weight is 332 g/mol. The molecule has 2 heterocycles.